The Bertz CT molecular complexity index is 838. The minimum absolute atomic E-state index is 0. The molecule has 160 valence electrons. The van der Waals surface area contributed by atoms with Gasteiger partial charge in [-0.3, -0.25) is 10.0 Å². The summed E-state index contributed by atoms with van der Waals surface area (Å²) >= 11 is 1.79. The monoisotopic (exact) mass is 458 g/mol. The van der Waals surface area contributed by atoms with Gasteiger partial charge in [-0.25, -0.2) is 13.9 Å². The molecule has 6 nitrogen and oxygen atoms in total. The average Bonchev–Trinajstić information content (AvgIpc) is 2.74. The molecule has 0 aromatic heterocycles. The van der Waals surface area contributed by atoms with Gasteiger partial charge < -0.3 is 4.90 Å². The Hall–Kier alpha value is -1.40. The molecule has 1 saturated heterocycles. The zero-order valence-corrected chi connectivity index (χ0v) is 18.6. The lowest BCUT2D eigenvalue weighted by molar-refractivity contribution is -0.133. The van der Waals surface area contributed by atoms with E-state index < -0.39 is 20.5 Å². The van der Waals surface area contributed by atoms with E-state index in [0.717, 1.165) is 4.90 Å². The van der Waals surface area contributed by atoms with Crippen molar-refractivity contribution in [3.63, 3.8) is 0 Å². The van der Waals surface area contributed by atoms with E-state index in [9.17, 15) is 18.4 Å². The molecule has 2 fully saturated rings. The van der Waals surface area contributed by atoms with Crippen LogP contribution in [0.2, 0.25) is 0 Å². The van der Waals surface area contributed by atoms with Crippen LogP contribution >= 0.6 is 24.2 Å². The minimum atomic E-state index is -3.99. The van der Waals surface area contributed by atoms with Gasteiger partial charge in [0.25, 0.3) is 5.91 Å². The minimum Gasteiger partial charge on any atom is -0.333 e. The van der Waals surface area contributed by atoms with E-state index in [1.807, 2.05) is 12.1 Å². The number of likely N-dealkylation sites (tertiary alicyclic amines) is 1. The first kappa shape index (κ1) is 23.9. The predicted octanol–water partition coefficient (Wildman–Crippen LogP) is 3.24. The number of hydrogen-bond donors (Lipinski definition) is 2. The van der Waals surface area contributed by atoms with Gasteiger partial charge in [-0.05, 0) is 49.9 Å². The third-order valence-electron chi connectivity index (χ3n) is 5.77. The van der Waals surface area contributed by atoms with Crippen LogP contribution in [0, 0.1) is 12.5 Å². The van der Waals surface area contributed by atoms with E-state index >= 15 is 0 Å². The average molecular weight is 459 g/mol. The summed E-state index contributed by atoms with van der Waals surface area (Å²) in [6.07, 6.45) is 11.6. The molecule has 0 unspecified atom stereocenters. The SMILES string of the molecule is C#CN1CCC(C(=O)NO)(S(=O)(=O)c2ccc(SC3CCCCC3)cc2)CC1.Cl. The molecule has 1 aliphatic carbocycles. The Balaban J connectivity index is 0.00000300. The zero-order valence-electron chi connectivity index (χ0n) is 16.2. The van der Waals surface area contributed by atoms with E-state index in [1.54, 1.807) is 34.3 Å². The Kier molecular flexibility index (Phi) is 8.29. The molecule has 2 N–H and O–H groups in total. The number of sulfone groups is 1. The third kappa shape index (κ3) is 4.85. The quantitative estimate of drug-likeness (QED) is 0.400. The number of amides is 1. The van der Waals surface area contributed by atoms with E-state index in [4.69, 9.17) is 6.42 Å². The highest BCUT2D eigenvalue weighted by Gasteiger charge is 2.52. The first-order valence-electron chi connectivity index (χ1n) is 9.60. The Labute approximate surface area is 183 Å². The van der Waals surface area contributed by atoms with Crippen LogP contribution in [0.15, 0.2) is 34.1 Å². The van der Waals surface area contributed by atoms with Crippen molar-refractivity contribution in [1.82, 2.24) is 10.4 Å². The van der Waals surface area contributed by atoms with Crippen LogP contribution in [0.1, 0.15) is 44.9 Å². The molecule has 1 heterocycles. The second-order valence-corrected chi connectivity index (χ2v) is 11.0. The molecular formula is C20H27ClN2O4S2. The van der Waals surface area contributed by atoms with Crippen LogP contribution < -0.4 is 5.48 Å². The smallest absolute Gasteiger partial charge is 0.265 e. The number of carbonyl (C=O) groups is 1. The fourth-order valence-electron chi connectivity index (χ4n) is 4.02. The molecule has 0 bridgehead atoms. The Morgan fingerprint density at radius 3 is 2.28 bits per heavy atom. The van der Waals surface area contributed by atoms with E-state index in [2.05, 4.69) is 6.04 Å². The molecule has 1 aromatic carbocycles. The molecule has 3 rings (SSSR count). The maximum atomic E-state index is 13.4. The molecule has 0 atom stereocenters. The highest BCUT2D eigenvalue weighted by molar-refractivity contribution is 8.00. The molecule has 1 aromatic rings. The van der Waals surface area contributed by atoms with Crippen LogP contribution in [0.5, 0.6) is 0 Å². The summed E-state index contributed by atoms with van der Waals surface area (Å²) in [7, 11) is -3.99. The number of nitrogens with zero attached hydrogens (tertiary/aromatic N) is 1. The molecule has 2 aliphatic rings. The molecule has 1 saturated carbocycles. The fraction of sp³-hybridized carbons (Fsp3) is 0.550. The van der Waals surface area contributed by atoms with Gasteiger partial charge in [0, 0.05) is 29.3 Å². The first-order valence-corrected chi connectivity index (χ1v) is 12.0. The Morgan fingerprint density at radius 2 is 1.76 bits per heavy atom. The van der Waals surface area contributed by atoms with Gasteiger partial charge in [0.1, 0.15) is 0 Å². The molecular weight excluding hydrogens is 432 g/mol. The van der Waals surface area contributed by atoms with E-state index in [1.165, 1.54) is 32.1 Å². The highest BCUT2D eigenvalue weighted by Crippen LogP contribution is 2.38. The number of piperidine rings is 1. The zero-order chi connectivity index (χ0) is 20.2. The van der Waals surface area contributed by atoms with Crippen molar-refractivity contribution in [1.29, 1.82) is 0 Å². The van der Waals surface area contributed by atoms with Crippen molar-refractivity contribution >= 4 is 39.9 Å². The maximum Gasteiger partial charge on any atom is 0.265 e. The van der Waals surface area contributed by atoms with Crippen molar-refractivity contribution in [2.45, 2.75) is 64.7 Å². The molecule has 9 heteroatoms. The van der Waals surface area contributed by atoms with Crippen LogP contribution in [0.25, 0.3) is 0 Å². The first-order chi connectivity index (χ1) is 13.4. The molecule has 0 radical (unpaired) electrons. The normalized spacial score (nSPS) is 19.7. The standard InChI is InChI=1S/C20H26N2O4S2.ClH/c1-2-22-14-12-20(13-15-22,19(23)21-24)28(25,26)18-10-8-17(9-11-18)27-16-6-4-3-5-7-16;/h1,8-11,16,24H,3-7,12-15H2,(H,21,23);1H. The van der Waals surface area contributed by atoms with Gasteiger partial charge in [-0.2, -0.15) is 0 Å². The molecule has 1 aliphatic heterocycles. The van der Waals surface area contributed by atoms with Crippen LogP contribution in [-0.2, 0) is 14.6 Å². The highest BCUT2D eigenvalue weighted by atomic mass is 35.5. The van der Waals surface area contributed by atoms with Gasteiger partial charge in [0.05, 0.1) is 4.90 Å². The lowest BCUT2D eigenvalue weighted by Crippen LogP contribution is -2.57. The number of nitrogens with one attached hydrogen (secondary N) is 1. The van der Waals surface area contributed by atoms with E-state index in [0.29, 0.717) is 5.25 Å². The summed E-state index contributed by atoms with van der Waals surface area (Å²) in [6, 6.07) is 9.24. The second-order valence-electron chi connectivity index (χ2n) is 7.40. The lowest BCUT2D eigenvalue weighted by atomic mass is 9.95. The molecule has 1 amide bonds. The number of carbonyl (C=O) groups excluding carboxylic acids is 1. The van der Waals surface area contributed by atoms with Crippen molar-refractivity contribution < 1.29 is 18.4 Å². The molecule has 0 spiro atoms. The van der Waals surface area contributed by atoms with Gasteiger partial charge >= 0.3 is 0 Å². The van der Waals surface area contributed by atoms with Crippen molar-refractivity contribution in [3.05, 3.63) is 24.3 Å². The van der Waals surface area contributed by atoms with Gasteiger partial charge in [-0.15, -0.1) is 24.2 Å². The van der Waals surface area contributed by atoms with Gasteiger partial charge in [0.2, 0.25) is 0 Å². The molecule has 29 heavy (non-hydrogen) atoms. The largest absolute Gasteiger partial charge is 0.333 e. The van der Waals surface area contributed by atoms with Gasteiger partial charge in [-0.1, -0.05) is 25.7 Å². The van der Waals surface area contributed by atoms with E-state index in [-0.39, 0.29) is 43.2 Å². The number of terminal acetylenes is 1. The van der Waals surface area contributed by atoms with Crippen LogP contribution in [0.4, 0.5) is 0 Å². The maximum absolute atomic E-state index is 13.4. The van der Waals surface area contributed by atoms with Crippen molar-refractivity contribution in [2.75, 3.05) is 13.1 Å². The third-order valence-corrected chi connectivity index (χ3v) is 9.64. The number of hydroxylamine groups is 1. The fourth-order valence-corrected chi connectivity index (χ4v) is 7.22. The number of thioether (sulfide) groups is 1. The summed E-state index contributed by atoms with van der Waals surface area (Å²) in [5.41, 5.74) is 1.56. The second kappa shape index (κ2) is 10.1. The van der Waals surface area contributed by atoms with Gasteiger partial charge in [0.15, 0.2) is 14.6 Å². The summed E-state index contributed by atoms with van der Waals surface area (Å²) in [5.74, 6) is -0.898. The summed E-state index contributed by atoms with van der Waals surface area (Å²) in [6.45, 7) is 0.553. The number of hydrogen-bond acceptors (Lipinski definition) is 6. The lowest BCUT2D eigenvalue weighted by Gasteiger charge is -2.38. The van der Waals surface area contributed by atoms with Crippen molar-refractivity contribution in [2.24, 2.45) is 0 Å². The van der Waals surface area contributed by atoms with Crippen LogP contribution in [0.3, 0.4) is 0 Å². The van der Waals surface area contributed by atoms with Crippen molar-refractivity contribution in [3.8, 4) is 12.5 Å². The number of benzene rings is 1. The van der Waals surface area contributed by atoms with Crippen LogP contribution in [-0.4, -0.2) is 47.5 Å². The number of rotatable bonds is 5. The summed E-state index contributed by atoms with van der Waals surface area (Å²) in [5, 5.41) is 9.77. The Morgan fingerprint density at radius 1 is 1.17 bits per heavy atom. The number of halogens is 1. The predicted molar refractivity (Wildman–Crippen MR) is 116 cm³/mol. The topological polar surface area (TPSA) is 86.7 Å². The summed E-state index contributed by atoms with van der Waals surface area (Å²) < 4.78 is 25.0. The summed E-state index contributed by atoms with van der Waals surface area (Å²) in [4.78, 5) is 15.2.